The molecule has 0 spiro atoms. The minimum atomic E-state index is -0.421. The molecule has 0 aliphatic carbocycles. The van der Waals surface area contributed by atoms with Gasteiger partial charge in [0.15, 0.2) is 0 Å². The van der Waals surface area contributed by atoms with Crippen molar-refractivity contribution in [3.8, 4) is 0 Å². The minimum Gasteiger partial charge on any atom is -0.320 e. The van der Waals surface area contributed by atoms with Gasteiger partial charge in [-0.1, -0.05) is 54.1 Å². The zero-order valence-corrected chi connectivity index (χ0v) is 12.8. The first-order chi connectivity index (χ1) is 9.49. The number of halogens is 1. The van der Waals surface area contributed by atoms with Crippen molar-refractivity contribution in [3.05, 3.63) is 70.7 Å². The van der Waals surface area contributed by atoms with Crippen molar-refractivity contribution in [2.75, 3.05) is 20.6 Å². The zero-order chi connectivity index (χ0) is 14.6. The molecule has 3 heteroatoms. The number of benzene rings is 2. The average molecular weight is 289 g/mol. The molecule has 0 saturated heterocycles. The van der Waals surface area contributed by atoms with Crippen LogP contribution in [0.5, 0.6) is 0 Å². The highest BCUT2D eigenvalue weighted by molar-refractivity contribution is 6.30. The van der Waals surface area contributed by atoms with Crippen molar-refractivity contribution in [3.63, 3.8) is 0 Å². The second kappa shape index (κ2) is 6.40. The van der Waals surface area contributed by atoms with Gasteiger partial charge in [-0.25, -0.2) is 0 Å². The Hall–Kier alpha value is -1.35. The van der Waals surface area contributed by atoms with Crippen molar-refractivity contribution in [1.82, 2.24) is 4.90 Å². The Labute approximate surface area is 126 Å². The van der Waals surface area contributed by atoms with Crippen molar-refractivity contribution >= 4 is 11.6 Å². The maximum Gasteiger partial charge on any atom is 0.0579 e. The summed E-state index contributed by atoms with van der Waals surface area (Å²) >= 11 is 5.98. The van der Waals surface area contributed by atoms with E-state index in [-0.39, 0.29) is 0 Å². The Morgan fingerprint density at radius 3 is 2.15 bits per heavy atom. The van der Waals surface area contributed by atoms with Crippen LogP contribution in [0.3, 0.4) is 0 Å². The van der Waals surface area contributed by atoms with Crippen molar-refractivity contribution in [1.29, 1.82) is 0 Å². The molecular weight excluding hydrogens is 268 g/mol. The van der Waals surface area contributed by atoms with Crippen LogP contribution in [-0.2, 0) is 12.0 Å². The van der Waals surface area contributed by atoms with E-state index in [2.05, 4.69) is 17.0 Å². The van der Waals surface area contributed by atoms with E-state index in [1.54, 1.807) is 0 Å². The Morgan fingerprint density at radius 2 is 1.60 bits per heavy atom. The fourth-order valence-electron chi connectivity index (χ4n) is 2.56. The zero-order valence-electron chi connectivity index (χ0n) is 12.0. The second-order valence-corrected chi connectivity index (χ2v) is 6.00. The first kappa shape index (κ1) is 15.0. The summed E-state index contributed by atoms with van der Waals surface area (Å²) in [6, 6.07) is 18.2. The van der Waals surface area contributed by atoms with Gasteiger partial charge in [0.05, 0.1) is 5.54 Å². The molecule has 0 fully saturated rings. The lowest BCUT2D eigenvalue weighted by atomic mass is 9.84. The van der Waals surface area contributed by atoms with Gasteiger partial charge >= 0.3 is 0 Å². The molecule has 2 N–H and O–H groups in total. The molecule has 106 valence electrons. The molecule has 0 heterocycles. The number of nitrogens with two attached hydrogens (primary N) is 1. The fraction of sp³-hybridized carbons (Fsp3) is 0.294. The first-order valence-electron chi connectivity index (χ1n) is 6.73. The number of hydrogen-bond acceptors (Lipinski definition) is 2. The van der Waals surface area contributed by atoms with Gasteiger partial charge in [-0.3, -0.25) is 0 Å². The number of rotatable bonds is 5. The van der Waals surface area contributed by atoms with Crippen molar-refractivity contribution in [2.45, 2.75) is 12.0 Å². The Kier molecular flexibility index (Phi) is 4.81. The van der Waals surface area contributed by atoms with Crippen LogP contribution in [0.2, 0.25) is 5.02 Å². The average Bonchev–Trinajstić information content (AvgIpc) is 2.39. The fourth-order valence-corrected chi connectivity index (χ4v) is 2.68. The summed E-state index contributed by atoms with van der Waals surface area (Å²) < 4.78 is 0. The third-order valence-electron chi connectivity index (χ3n) is 3.38. The maximum atomic E-state index is 6.72. The van der Waals surface area contributed by atoms with Gasteiger partial charge in [-0.15, -0.1) is 0 Å². The lowest BCUT2D eigenvalue weighted by Gasteiger charge is -2.33. The summed E-state index contributed by atoms with van der Waals surface area (Å²) in [5, 5.41) is 0.737. The van der Waals surface area contributed by atoms with E-state index in [0.29, 0.717) is 0 Å². The van der Waals surface area contributed by atoms with Crippen LogP contribution in [0, 0.1) is 0 Å². The lowest BCUT2D eigenvalue weighted by molar-refractivity contribution is 0.283. The van der Waals surface area contributed by atoms with E-state index >= 15 is 0 Å². The highest BCUT2D eigenvalue weighted by Crippen LogP contribution is 2.25. The number of hydrogen-bond donors (Lipinski definition) is 1. The molecule has 0 saturated carbocycles. The van der Waals surface area contributed by atoms with Crippen LogP contribution >= 0.6 is 11.6 Å². The molecule has 2 nitrogen and oxygen atoms in total. The van der Waals surface area contributed by atoms with Gasteiger partial charge in [-0.05, 0) is 43.8 Å². The topological polar surface area (TPSA) is 29.3 Å². The van der Waals surface area contributed by atoms with Crippen LogP contribution < -0.4 is 5.73 Å². The SMILES string of the molecule is CN(C)CC(N)(Cc1ccccc1)c1ccc(Cl)cc1. The van der Waals surface area contributed by atoms with E-state index < -0.39 is 5.54 Å². The molecular formula is C17H21ClN2. The van der Waals surface area contributed by atoms with Crippen molar-refractivity contribution < 1.29 is 0 Å². The predicted molar refractivity (Wildman–Crippen MR) is 86.0 cm³/mol. The molecule has 0 radical (unpaired) electrons. The van der Waals surface area contributed by atoms with E-state index in [0.717, 1.165) is 23.6 Å². The van der Waals surface area contributed by atoms with Gasteiger partial charge in [0.1, 0.15) is 0 Å². The quantitative estimate of drug-likeness (QED) is 0.915. The van der Waals surface area contributed by atoms with Gasteiger partial charge in [0.25, 0.3) is 0 Å². The molecule has 0 bridgehead atoms. The van der Waals surface area contributed by atoms with Gasteiger partial charge in [0.2, 0.25) is 0 Å². The summed E-state index contributed by atoms with van der Waals surface area (Å²) in [6.07, 6.45) is 0.799. The van der Waals surface area contributed by atoms with Crippen LogP contribution in [0.25, 0.3) is 0 Å². The van der Waals surface area contributed by atoms with Gasteiger partial charge in [0, 0.05) is 11.6 Å². The van der Waals surface area contributed by atoms with Crippen molar-refractivity contribution in [2.24, 2.45) is 5.73 Å². The first-order valence-corrected chi connectivity index (χ1v) is 7.11. The summed E-state index contributed by atoms with van der Waals surface area (Å²) in [7, 11) is 4.09. The standard InChI is InChI=1S/C17H21ClN2/c1-20(2)13-17(19,12-14-6-4-3-5-7-14)15-8-10-16(18)11-9-15/h3-11H,12-13,19H2,1-2H3. The maximum absolute atomic E-state index is 6.72. The molecule has 20 heavy (non-hydrogen) atoms. The Morgan fingerprint density at radius 1 is 1.00 bits per heavy atom. The largest absolute Gasteiger partial charge is 0.320 e. The van der Waals surface area contributed by atoms with E-state index in [1.807, 2.05) is 56.6 Å². The molecule has 0 aromatic heterocycles. The van der Waals surface area contributed by atoms with Gasteiger partial charge in [-0.2, -0.15) is 0 Å². The summed E-state index contributed by atoms with van der Waals surface area (Å²) in [5.74, 6) is 0. The molecule has 0 amide bonds. The van der Waals surface area contributed by atoms with Crippen LogP contribution in [0.1, 0.15) is 11.1 Å². The minimum absolute atomic E-state index is 0.421. The third-order valence-corrected chi connectivity index (χ3v) is 3.63. The number of nitrogens with zero attached hydrogens (tertiary/aromatic N) is 1. The smallest absolute Gasteiger partial charge is 0.0579 e. The van der Waals surface area contributed by atoms with Gasteiger partial charge < -0.3 is 10.6 Å². The molecule has 1 unspecified atom stereocenters. The Bertz CT molecular complexity index is 537. The number of likely N-dealkylation sites (N-methyl/N-ethyl adjacent to an activating group) is 1. The van der Waals surface area contributed by atoms with E-state index in [4.69, 9.17) is 17.3 Å². The molecule has 0 aliphatic heterocycles. The lowest BCUT2D eigenvalue weighted by Crippen LogP contribution is -2.47. The third kappa shape index (κ3) is 3.83. The molecule has 2 aromatic carbocycles. The molecule has 2 rings (SSSR count). The van der Waals surface area contributed by atoms with Crippen LogP contribution in [-0.4, -0.2) is 25.5 Å². The molecule has 1 atom stereocenters. The molecule has 0 aliphatic rings. The summed E-state index contributed by atoms with van der Waals surface area (Å²) in [5.41, 5.74) is 8.65. The predicted octanol–water partition coefficient (Wildman–Crippen LogP) is 3.30. The van der Waals surface area contributed by atoms with Crippen LogP contribution in [0.15, 0.2) is 54.6 Å². The molecule has 2 aromatic rings. The summed E-state index contributed by atoms with van der Waals surface area (Å²) in [6.45, 7) is 0.781. The highest BCUT2D eigenvalue weighted by Gasteiger charge is 2.28. The summed E-state index contributed by atoms with van der Waals surface area (Å²) in [4.78, 5) is 2.12. The highest BCUT2D eigenvalue weighted by atomic mass is 35.5. The second-order valence-electron chi connectivity index (χ2n) is 5.56. The van der Waals surface area contributed by atoms with Crippen LogP contribution in [0.4, 0.5) is 0 Å². The van der Waals surface area contributed by atoms with E-state index in [1.165, 1.54) is 5.56 Å². The normalized spacial score (nSPS) is 14.2. The monoisotopic (exact) mass is 288 g/mol. The van der Waals surface area contributed by atoms with E-state index in [9.17, 15) is 0 Å². The Balaban J connectivity index is 2.32.